The summed E-state index contributed by atoms with van der Waals surface area (Å²) in [5.74, 6) is 0. The molecule has 0 unspecified atom stereocenters. The van der Waals surface area contributed by atoms with Crippen LogP contribution in [0.15, 0.2) is 4.47 Å². The second kappa shape index (κ2) is 3.70. The Balaban J connectivity index is 3.10. The third kappa shape index (κ3) is 1.49. The Morgan fingerprint density at radius 2 is 2.42 bits per heavy atom. The molecule has 0 aliphatic rings. The van der Waals surface area contributed by atoms with Gasteiger partial charge < -0.3 is 5.32 Å². The van der Waals surface area contributed by atoms with Gasteiger partial charge in [0.25, 0.3) is 0 Å². The van der Waals surface area contributed by atoms with Crippen molar-refractivity contribution in [2.45, 2.75) is 6.54 Å². The van der Waals surface area contributed by atoms with Gasteiger partial charge in [-0.05, 0) is 23.0 Å². The summed E-state index contributed by atoms with van der Waals surface area (Å²) in [7, 11) is 3.59. The molecule has 1 N–H and O–H groups in total. The zero-order chi connectivity index (χ0) is 9.14. The average Bonchev–Trinajstić information content (AvgIpc) is 2.29. The Morgan fingerprint density at radius 1 is 1.75 bits per heavy atom. The molecule has 0 spiro atoms. The van der Waals surface area contributed by atoms with Crippen LogP contribution in [0.1, 0.15) is 11.4 Å². The maximum absolute atomic E-state index is 8.72. The highest BCUT2D eigenvalue weighted by Crippen LogP contribution is 2.19. The van der Waals surface area contributed by atoms with Crippen molar-refractivity contribution in [1.82, 2.24) is 15.1 Å². The van der Waals surface area contributed by atoms with Crippen LogP contribution in [0, 0.1) is 11.3 Å². The topological polar surface area (TPSA) is 53.6 Å². The number of hydrogen-bond acceptors (Lipinski definition) is 3. The van der Waals surface area contributed by atoms with E-state index in [0.717, 1.165) is 10.2 Å². The van der Waals surface area contributed by atoms with Gasteiger partial charge in [-0.25, -0.2) is 0 Å². The highest BCUT2D eigenvalue weighted by molar-refractivity contribution is 9.10. The molecular formula is C7H9BrN4. The second-order valence-electron chi connectivity index (χ2n) is 2.38. The van der Waals surface area contributed by atoms with E-state index in [9.17, 15) is 0 Å². The third-order valence-electron chi connectivity index (χ3n) is 1.51. The molecule has 4 nitrogen and oxygen atoms in total. The van der Waals surface area contributed by atoms with Gasteiger partial charge in [-0.3, -0.25) is 4.68 Å². The van der Waals surface area contributed by atoms with Crippen LogP contribution in [0.3, 0.4) is 0 Å². The molecule has 0 bridgehead atoms. The van der Waals surface area contributed by atoms with Gasteiger partial charge >= 0.3 is 0 Å². The fourth-order valence-electron chi connectivity index (χ4n) is 0.956. The minimum atomic E-state index is 0.556. The first-order chi connectivity index (χ1) is 5.70. The quantitative estimate of drug-likeness (QED) is 0.814. The summed E-state index contributed by atoms with van der Waals surface area (Å²) in [6, 6.07) is 2.07. The molecule has 0 aromatic carbocycles. The zero-order valence-corrected chi connectivity index (χ0v) is 8.51. The SMILES string of the molecule is CNCc1nn(C)c(C#N)c1Br. The number of nitrogens with zero attached hydrogens (tertiary/aromatic N) is 3. The molecule has 0 aliphatic carbocycles. The van der Waals surface area contributed by atoms with Crippen molar-refractivity contribution in [1.29, 1.82) is 5.26 Å². The van der Waals surface area contributed by atoms with Crippen molar-refractivity contribution >= 4 is 15.9 Å². The number of nitrogens with one attached hydrogen (secondary N) is 1. The molecule has 0 radical (unpaired) electrons. The van der Waals surface area contributed by atoms with E-state index in [4.69, 9.17) is 5.26 Å². The molecule has 0 atom stereocenters. The standard InChI is InChI=1S/C7H9BrN4/c1-10-4-5-7(8)6(3-9)12(2)11-5/h10H,4H2,1-2H3. The molecule has 0 amide bonds. The lowest BCUT2D eigenvalue weighted by atomic mass is 10.3. The highest BCUT2D eigenvalue weighted by Gasteiger charge is 2.11. The van der Waals surface area contributed by atoms with Crippen molar-refractivity contribution in [2.75, 3.05) is 7.05 Å². The summed E-state index contributed by atoms with van der Waals surface area (Å²) in [6.07, 6.45) is 0. The summed E-state index contributed by atoms with van der Waals surface area (Å²) >= 11 is 3.32. The van der Waals surface area contributed by atoms with Crippen molar-refractivity contribution in [3.8, 4) is 6.07 Å². The molecule has 0 aliphatic heterocycles. The Labute approximate surface area is 79.3 Å². The molecule has 12 heavy (non-hydrogen) atoms. The summed E-state index contributed by atoms with van der Waals surface area (Å²) in [5.41, 5.74) is 1.41. The fourth-order valence-corrected chi connectivity index (χ4v) is 1.52. The lowest BCUT2D eigenvalue weighted by molar-refractivity contribution is 0.706. The van der Waals surface area contributed by atoms with Crippen molar-refractivity contribution in [3.63, 3.8) is 0 Å². The predicted molar refractivity (Wildman–Crippen MR) is 48.4 cm³/mol. The molecule has 0 saturated heterocycles. The van der Waals surface area contributed by atoms with Gasteiger partial charge in [0.15, 0.2) is 5.69 Å². The third-order valence-corrected chi connectivity index (χ3v) is 2.34. The van der Waals surface area contributed by atoms with Crippen LogP contribution < -0.4 is 5.32 Å². The van der Waals surface area contributed by atoms with Crippen LogP contribution in [0.2, 0.25) is 0 Å². The molecule has 1 aromatic heterocycles. The normalized spacial score (nSPS) is 9.83. The summed E-state index contributed by atoms with van der Waals surface area (Å²) in [4.78, 5) is 0. The lowest BCUT2D eigenvalue weighted by Gasteiger charge is -1.92. The first-order valence-electron chi connectivity index (χ1n) is 3.46. The number of aryl methyl sites for hydroxylation is 1. The van der Waals surface area contributed by atoms with Gasteiger partial charge in [-0.15, -0.1) is 0 Å². The van der Waals surface area contributed by atoms with Crippen molar-refractivity contribution in [3.05, 3.63) is 15.9 Å². The highest BCUT2D eigenvalue weighted by atomic mass is 79.9. The minimum absolute atomic E-state index is 0.556. The Bertz CT molecular complexity index is 323. The smallest absolute Gasteiger partial charge is 0.152 e. The second-order valence-corrected chi connectivity index (χ2v) is 3.17. The summed E-state index contributed by atoms with van der Waals surface area (Å²) in [6.45, 7) is 0.663. The monoisotopic (exact) mass is 228 g/mol. The summed E-state index contributed by atoms with van der Waals surface area (Å²) in [5, 5.41) is 15.8. The van der Waals surface area contributed by atoms with Gasteiger partial charge in [0.05, 0.1) is 10.2 Å². The molecule has 1 rings (SSSR count). The largest absolute Gasteiger partial charge is 0.314 e. The molecule has 1 heterocycles. The van der Waals surface area contributed by atoms with Crippen LogP contribution in [0.5, 0.6) is 0 Å². The van der Waals surface area contributed by atoms with Crippen LogP contribution in [-0.4, -0.2) is 16.8 Å². The summed E-state index contributed by atoms with van der Waals surface area (Å²) < 4.78 is 2.35. The van der Waals surface area contributed by atoms with Crippen LogP contribution in [0.4, 0.5) is 0 Å². The first-order valence-corrected chi connectivity index (χ1v) is 4.26. The predicted octanol–water partition coefficient (Wildman–Crippen LogP) is 0.774. The Morgan fingerprint density at radius 3 is 2.83 bits per heavy atom. The average molecular weight is 229 g/mol. The zero-order valence-electron chi connectivity index (χ0n) is 6.93. The molecule has 0 fully saturated rings. The van der Waals surface area contributed by atoms with E-state index in [-0.39, 0.29) is 0 Å². The molecule has 5 heteroatoms. The first kappa shape index (κ1) is 9.23. The van der Waals surface area contributed by atoms with Gasteiger partial charge in [0.1, 0.15) is 6.07 Å². The number of nitriles is 1. The number of hydrogen-bond donors (Lipinski definition) is 1. The Kier molecular flexibility index (Phi) is 2.84. The van der Waals surface area contributed by atoms with Gasteiger partial charge in [0, 0.05) is 13.6 Å². The maximum atomic E-state index is 8.72. The van der Waals surface area contributed by atoms with E-state index in [1.807, 2.05) is 7.05 Å². The van der Waals surface area contributed by atoms with Crippen molar-refractivity contribution < 1.29 is 0 Å². The molecular weight excluding hydrogens is 220 g/mol. The van der Waals surface area contributed by atoms with E-state index < -0.39 is 0 Å². The van der Waals surface area contributed by atoms with E-state index >= 15 is 0 Å². The Hall–Kier alpha value is -0.860. The van der Waals surface area contributed by atoms with E-state index in [1.165, 1.54) is 0 Å². The van der Waals surface area contributed by atoms with Crippen LogP contribution >= 0.6 is 15.9 Å². The van der Waals surface area contributed by atoms with E-state index in [1.54, 1.807) is 11.7 Å². The number of rotatable bonds is 2. The van der Waals surface area contributed by atoms with Crippen LogP contribution in [-0.2, 0) is 13.6 Å². The van der Waals surface area contributed by atoms with Gasteiger partial charge in [-0.1, -0.05) is 0 Å². The van der Waals surface area contributed by atoms with Gasteiger partial charge in [-0.2, -0.15) is 10.4 Å². The number of aromatic nitrogens is 2. The fraction of sp³-hybridized carbons (Fsp3) is 0.429. The maximum Gasteiger partial charge on any atom is 0.152 e. The van der Waals surface area contributed by atoms with Crippen LogP contribution in [0.25, 0.3) is 0 Å². The molecule has 64 valence electrons. The molecule has 0 saturated carbocycles. The lowest BCUT2D eigenvalue weighted by Crippen LogP contribution is -2.06. The van der Waals surface area contributed by atoms with Gasteiger partial charge in [0.2, 0.25) is 0 Å². The van der Waals surface area contributed by atoms with E-state index in [2.05, 4.69) is 32.4 Å². The molecule has 1 aromatic rings. The minimum Gasteiger partial charge on any atom is -0.314 e. The number of halogens is 1. The van der Waals surface area contributed by atoms with E-state index in [0.29, 0.717) is 12.2 Å². The van der Waals surface area contributed by atoms with Crippen molar-refractivity contribution in [2.24, 2.45) is 7.05 Å².